The maximum Gasteiger partial charge on any atom is 0.253 e. The van der Waals surface area contributed by atoms with Crippen LogP contribution in [0.1, 0.15) is 29.1 Å². The number of rotatable bonds is 3. The summed E-state index contributed by atoms with van der Waals surface area (Å²) in [6.07, 6.45) is 0. The molecule has 3 rings (SSSR count). The van der Waals surface area contributed by atoms with Crippen molar-refractivity contribution >= 4 is 44.4 Å². The van der Waals surface area contributed by atoms with Gasteiger partial charge in [0, 0.05) is 14.9 Å². The molecule has 22 heavy (non-hydrogen) atoms. The smallest absolute Gasteiger partial charge is 0.253 e. The molecule has 1 N–H and O–H groups in total. The van der Waals surface area contributed by atoms with Crippen molar-refractivity contribution < 1.29 is 9.21 Å². The van der Waals surface area contributed by atoms with Crippen LogP contribution < -0.4 is 5.32 Å². The number of nitrogens with one attached hydrogen (secondary N) is 1. The van der Waals surface area contributed by atoms with Crippen molar-refractivity contribution in [1.82, 2.24) is 5.32 Å². The highest BCUT2D eigenvalue weighted by Crippen LogP contribution is 2.25. The second kappa shape index (κ2) is 6.15. The number of halogens is 2. The molecule has 1 amide bonds. The van der Waals surface area contributed by atoms with E-state index in [1.54, 1.807) is 18.2 Å². The number of carbonyl (C=O) groups is 1. The van der Waals surface area contributed by atoms with Crippen molar-refractivity contribution in [3.05, 3.63) is 69.3 Å². The molecule has 0 saturated heterocycles. The highest BCUT2D eigenvalue weighted by molar-refractivity contribution is 9.10. The van der Waals surface area contributed by atoms with Gasteiger partial charge in [-0.1, -0.05) is 29.8 Å². The van der Waals surface area contributed by atoms with Crippen molar-refractivity contribution in [3.8, 4) is 0 Å². The van der Waals surface area contributed by atoms with Crippen LogP contribution in [-0.4, -0.2) is 5.91 Å². The van der Waals surface area contributed by atoms with Crippen LogP contribution in [0, 0.1) is 0 Å². The quantitative estimate of drug-likeness (QED) is 0.668. The molecule has 112 valence electrons. The number of hydrogen-bond donors (Lipinski definition) is 1. The number of para-hydroxylation sites is 1. The number of amides is 1. The average Bonchev–Trinajstić information content (AvgIpc) is 2.93. The number of fused-ring (bicyclic) bond motifs is 1. The standard InChI is InChI=1S/C17H13BrClNO2/c1-10(16-8-11-4-2-3-5-15(11)22-16)20-17(21)13-9-12(19)6-7-14(13)18/h2-10H,1H3,(H,20,21). The lowest BCUT2D eigenvalue weighted by Gasteiger charge is -2.12. The Bertz CT molecular complexity index is 811. The van der Waals surface area contributed by atoms with E-state index in [2.05, 4.69) is 21.2 Å². The Balaban J connectivity index is 1.82. The molecule has 5 heteroatoms. The van der Waals surface area contributed by atoms with E-state index in [1.807, 2.05) is 37.3 Å². The Morgan fingerprint density at radius 2 is 2.00 bits per heavy atom. The molecule has 0 bridgehead atoms. The summed E-state index contributed by atoms with van der Waals surface area (Å²) in [6.45, 7) is 1.88. The SMILES string of the molecule is CC(NC(=O)c1cc(Cl)ccc1Br)c1cc2ccccc2o1. The third-order valence-corrected chi connectivity index (χ3v) is 4.32. The first-order chi connectivity index (χ1) is 10.5. The largest absolute Gasteiger partial charge is 0.459 e. The first kappa shape index (κ1) is 15.1. The molecule has 0 fully saturated rings. The first-order valence-corrected chi connectivity index (χ1v) is 7.96. The van der Waals surface area contributed by atoms with Gasteiger partial charge in [0.25, 0.3) is 5.91 Å². The van der Waals surface area contributed by atoms with Crippen molar-refractivity contribution in [1.29, 1.82) is 0 Å². The molecular formula is C17H13BrClNO2. The molecule has 0 spiro atoms. The lowest BCUT2D eigenvalue weighted by Crippen LogP contribution is -2.26. The second-order valence-electron chi connectivity index (χ2n) is 5.01. The van der Waals surface area contributed by atoms with Crippen LogP contribution in [0.4, 0.5) is 0 Å². The lowest BCUT2D eigenvalue weighted by atomic mass is 10.1. The van der Waals surface area contributed by atoms with E-state index in [-0.39, 0.29) is 11.9 Å². The van der Waals surface area contributed by atoms with Gasteiger partial charge in [0.15, 0.2) is 0 Å². The fourth-order valence-electron chi connectivity index (χ4n) is 2.23. The van der Waals surface area contributed by atoms with E-state index in [0.717, 1.165) is 11.0 Å². The molecule has 0 aliphatic heterocycles. The van der Waals surface area contributed by atoms with Gasteiger partial charge in [0.2, 0.25) is 0 Å². The molecule has 1 atom stereocenters. The maximum absolute atomic E-state index is 12.4. The van der Waals surface area contributed by atoms with E-state index in [4.69, 9.17) is 16.0 Å². The van der Waals surface area contributed by atoms with Gasteiger partial charge in [-0.25, -0.2) is 0 Å². The summed E-state index contributed by atoms with van der Waals surface area (Å²) in [5.74, 6) is 0.509. The average molecular weight is 379 g/mol. The van der Waals surface area contributed by atoms with Gasteiger partial charge in [0.1, 0.15) is 11.3 Å². The number of furan rings is 1. The normalized spacial score (nSPS) is 12.3. The van der Waals surface area contributed by atoms with Crippen LogP contribution >= 0.6 is 27.5 Å². The van der Waals surface area contributed by atoms with E-state index >= 15 is 0 Å². The lowest BCUT2D eigenvalue weighted by molar-refractivity contribution is 0.0935. The molecule has 3 nitrogen and oxygen atoms in total. The monoisotopic (exact) mass is 377 g/mol. The predicted molar refractivity (Wildman–Crippen MR) is 91.2 cm³/mol. The molecule has 1 aromatic heterocycles. The Kier molecular flexibility index (Phi) is 4.23. The van der Waals surface area contributed by atoms with Gasteiger partial charge in [-0.3, -0.25) is 4.79 Å². The molecular weight excluding hydrogens is 366 g/mol. The first-order valence-electron chi connectivity index (χ1n) is 6.79. The molecule has 0 aliphatic carbocycles. The zero-order valence-electron chi connectivity index (χ0n) is 11.8. The van der Waals surface area contributed by atoms with Crippen LogP contribution in [-0.2, 0) is 0 Å². The van der Waals surface area contributed by atoms with Gasteiger partial charge < -0.3 is 9.73 Å². The minimum absolute atomic E-state index is 0.206. The summed E-state index contributed by atoms with van der Waals surface area (Å²) in [4.78, 5) is 12.4. The highest BCUT2D eigenvalue weighted by Gasteiger charge is 2.17. The zero-order valence-corrected chi connectivity index (χ0v) is 14.1. The van der Waals surface area contributed by atoms with Crippen LogP contribution in [0.3, 0.4) is 0 Å². The third-order valence-electron chi connectivity index (χ3n) is 3.39. The maximum atomic E-state index is 12.4. The van der Waals surface area contributed by atoms with Gasteiger partial charge >= 0.3 is 0 Å². The van der Waals surface area contributed by atoms with E-state index in [0.29, 0.717) is 20.8 Å². The topological polar surface area (TPSA) is 42.2 Å². The second-order valence-corrected chi connectivity index (χ2v) is 6.30. The molecule has 3 aromatic rings. The van der Waals surface area contributed by atoms with Gasteiger partial charge in [-0.05, 0) is 53.2 Å². The third kappa shape index (κ3) is 3.03. The van der Waals surface area contributed by atoms with Crippen LogP contribution in [0.2, 0.25) is 5.02 Å². The predicted octanol–water partition coefficient (Wildman–Crippen LogP) is 5.34. The Labute approximate surface area is 141 Å². The van der Waals surface area contributed by atoms with Gasteiger partial charge in [-0.15, -0.1) is 0 Å². The van der Waals surface area contributed by atoms with Crippen LogP contribution in [0.25, 0.3) is 11.0 Å². The van der Waals surface area contributed by atoms with Crippen LogP contribution in [0.5, 0.6) is 0 Å². The Hall–Kier alpha value is -1.78. The minimum atomic E-state index is -0.245. The molecule has 1 unspecified atom stereocenters. The number of hydrogen-bond acceptors (Lipinski definition) is 2. The summed E-state index contributed by atoms with van der Waals surface area (Å²) in [5.41, 5.74) is 1.30. The molecule has 2 aromatic carbocycles. The highest BCUT2D eigenvalue weighted by atomic mass is 79.9. The Morgan fingerprint density at radius 1 is 1.23 bits per heavy atom. The zero-order chi connectivity index (χ0) is 15.7. The molecule has 0 aliphatic rings. The summed E-state index contributed by atoms with van der Waals surface area (Å²) in [5, 5.41) is 4.45. The van der Waals surface area contributed by atoms with Crippen LogP contribution in [0.15, 0.2) is 57.4 Å². The van der Waals surface area contributed by atoms with Gasteiger partial charge in [0.05, 0.1) is 11.6 Å². The van der Waals surface area contributed by atoms with Crippen molar-refractivity contribution in [2.45, 2.75) is 13.0 Å². The van der Waals surface area contributed by atoms with Crippen molar-refractivity contribution in [3.63, 3.8) is 0 Å². The van der Waals surface area contributed by atoms with Crippen molar-refractivity contribution in [2.24, 2.45) is 0 Å². The number of benzene rings is 2. The van der Waals surface area contributed by atoms with E-state index in [1.165, 1.54) is 0 Å². The fourth-order valence-corrected chi connectivity index (χ4v) is 2.83. The Morgan fingerprint density at radius 3 is 2.77 bits per heavy atom. The summed E-state index contributed by atoms with van der Waals surface area (Å²) >= 11 is 9.31. The number of carbonyl (C=O) groups excluding carboxylic acids is 1. The molecule has 0 saturated carbocycles. The fraction of sp³-hybridized carbons (Fsp3) is 0.118. The van der Waals surface area contributed by atoms with Crippen molar-refractivity contribution in [2.75, 3.05) is 0 Å². The molecule has 1 heterocycles. The summed E-state index contributed by atoms with van der Waals surface area (Å²) in [6, 6.07) is 14.6. The molecule has 0 radical (unpaired) electrons. The van der Waals surface area contributed by atoms with E-state index < -0.39 is 0 Å². The van der Waals surface area contributed by atoms with E-state index in [9.17, 15) is 4.79 Å². The minimum Gasteiger partial charge on any atom is -0.459 e. The summed E-state index contributed by atoms with van der Waals surface area (Å²) in [7, 11) is 0. The summed E-state index contributed by atoms with van der Waals surface area (Å²) < 4.78 is 6.47. The van der Waals surface area contributed by atoms with Gasteiger partial charge in [-0.2, -0.15) is 0 Å².